The van der Waals surface area contributed by atoms with E-state index in [1.54, 1.807) is 6.07 Å². The molecule has 0 aromatic carbocycles. The quantitative estimate of drug-likeness (QED) is 0.859. The van der Waals surface area contributed by atoms with Crippen molar-refractivity contribution < 1.29 is 9.90 Å². The van der Waals surface area contributed by atoms with Gasteiger partial charge in [0.2, 0.25) is 0 Å². The van der Waals surface area contributed by atoms with Gasteiger partial charge in [-0.25, -0.2) is 4.79 Å². The minimum Gasteiger partial charge on any atom is -0.477 e. The lowest BCUT2D eigenvalue weighted by Gasteiger charge is -2.36. The molecule has 1 heterocycles. The molecule has 84 valence electrons. The molecule has 0 aliphatic rings. The second-order valence-electron chi connectivity index (χ2n) is 4.20. The molecule has 4 heteroatoms. The van der Waals surface area contributed by atoms with E-state index in [-0.39, 0.29) is 5.54 Å². The topological polar surface area (TPSA) is 40.5 Å². The van der Waals surface area contributed by atoms with Gasteiger partial charge in [0.25, 0.3) is 0 Å². The predicted molar refractivity (Wildman–Crippen MR) is 64.1 cm³/mol. The Morgan fingerprint density at radius 3 is 2.60 bits per heavy atom. The third-order valence-corrected chi connectivity index (χ3v) is 3.86. The molecule has 1 aromatic heterocycles. The van der Waals surface area contributed by atoms with E-state index < -0.39 is 5.97 Å². The van der Waals surface area contributed by atoms with Gasteiger partial charge in [-0.05, 0) is 26.3 Å². The van der Waals surface area contributed by atoms with Gasteiger partial charge in [-0.1, -0.05) is 6.92 Å². The van der Waals surface area contributed by atoms with Crippen LogP contribution in [0.2, 0.25) is 0 Å². The summed E-state index contributed by atoms with van der Waals surface area (Å²) in [6.07, 6.45) is 1.02. The van der Waals surface area contributed by atoms with E-state index in [2.05, 4.69) is 25.7 Å². The molecule has 0 fully saturated rings. The van der Waals surface area contributed by atoms with Gasteiger partial charge in [-0.2, -0.15) is 0 Å². The number of hydrogen-bond acceptors (Lipinski definition) is 3. The van der Waals surface area contributed by atoms with Crippen LogP contribution in [0.4, 0.5) is 5.69 Å². The second-order valence-corrected chi connectivity index (χ2v) is 5.11. The van der Waals surface area contributed by atoms with E-state index in [4.69, 9.17) is 5.11 Å². The highest BCUT2D eigenvalue weighted by Crippen LogP contribution is 2.29. The first-order chi connectivity index (χ1) is 6.88. The Bertz CT molecular complexity index is 357. The number of anilines is 1. The van der Waals surface area contributed by atoms with Crippen LogP contribution in [-0.4, -0.2) is 23.7 Å². The molecule has 0 unspecified atom stereocenters. The Morgan fingerprint density at radius 2 is 2.20 bits per heavy atom. The van der Waals surface area contributed by atoms with Crippen molar-refractivity contribution in [2.24, 2.45) is 0 Å². The van der Waals surface area contributed by atoms with Crippen LogP contribution in [0.3, 0.4) is 0 Å². The van der Waals surface area contributed by atoms with Crippen molar-refractivity contribution in [2.75, 3.05) is 11.9 Å². The van der Waals surface area contributed by atoms with E-state index in [0.717, 1.165) is 12.1 Å². The Morgan fingerprint density at radius 1 is 1.60 bits per heavy atom. The molecule has 1 aromatic rings. The van der Waals surface area contributed by atoms with E-state index in [1.165, 1.54) is 11.3 Å². The SMILES string of the molecule is CCC(C)(C)N(C)c1csc(C(=O)O)c1. The van der Waals surface area contributed by atoms with E-state index in [9.17, 15) is 4.79 Å². The Hall–Kier alpha value is -1.03. The molecule has 0 saturated heterocycles. The summed E-state index contributed by atoms with van der Waals surface area (Å²) >= 11 is 1.27. The maximum Gasteiger partial charge on any atom is 0.345 e. The fourth-order valence-electron chi connectivity index (χ4n) is 1.20. The van der Waals surface area contributed by atoms with Crippen molar-refractivity contribution in [2.45, 2.75) is 32.7 Å². The fraction of sp³-hybridized carbons (Fsp3) is 0.545. The van der Waals surface area contributed by atoms with Crippen LogP contribution in [0.5, 0.6) is 0 Å². The number of carboxylic acid groups (broad SMARTS) is 1. The van der Waals surface area contributed by atoms with Gasteiger partial charge in [0.15, 0.2) is 0 Å². The first kappa shape index (κ1) is 12.0. The van der Waals surface area contributed by atoms with Gasteiger partial charge >= 0.3 is 5.97 Å². The molecule has 0 aliphatic carbocycles. The third-order valence-electron chi connectivity index (χ3n) is 2.96. The molecule has 0 saturated carbocycles. The van der Waals surface area contributed by atoms with Crippen LogP contribution in [0.15, 0.2) is 11.4 Å². The number of nitrogens with zero attached hydrogens (tertiary/aromatic N) is 1. The molecule has 0 atom stereocenters. The van der Waals surface area contributed by atoms with Crippen molar-refractivity contribution in [3.8, 4) is 0 Å². The number of hydrogen-bond donors (Lipinski definition) is 1. The van der Waals surface area contributed by atoms with Gasteiger partial charge < -0.3 is 10.0 Å². The highest BCUT2D eigenvalue weighted by molar-refractivity contribution is 7.12. The van der Waals surface area contributed by atoms with Crippen LogP contribution < -0.4 is 4.90 Å². The lowest BCUT2D eigenvalue weighted by Crippen LogP contribution is -2.40. The first-order valence-electron chi connectivity index (χ1n) is 4.94. The predicted octanol–water partition coefficient (Wildman–Crippen LogP) is 3.07. The fourth-order valence-corrected chi connectivity index (χ4v) is 1.96. The molecule has 1 N–H and O–H groups in total. The molecular formula is C11H17NO2S. The van der Waals surface area contributed by atoms with Gasteiger partial charge in [-0.3, -0.25) is 0 Å². The summed E-state index contributed by atoms with van der Waals surface area (Å²) in [5.74, 6) is -0.853. The maximum absolute atomic E-state index is 10.7. The Labute approximate surface area is 94.3 Å². The minimum atomic E-state index is -0.853. The number of aromatic carboxylic acids is 1. The third kappa shape index (κ3) is 2.50. The van der Waals surface area contributed by atoms with Gasteiger partial charge in [-0.15, -0.1) is 11.3 Å². The molecule has 1 rings (SSSR count). The molecule has 0 aliphatic heterocycles. The van der Waals surface area contributed by atoms with E-state index in [0.29, 0.717) is 4.88 Å². The standard InChI is InChI=1S/C11H17NO2S/c1-5-11(2,3)12(4)8-6-9(10(13)14)15-7-8/h6-7H,5H2,1-4H3,(H,13,14). The molecule has 0 amide bonds. The lowest BCUT2D eigenvalue weighted by molar-refractivity contribution is 0.0702. The average Bonchev–Trinajstić information content (AvgIpc) is 2.65. The van der Waals surface area contributed by atoms with Crippen molar-refractivity contribution in [3.05, 3.63) is 16.3 Å². The summed E-state index contributed by atoms with van der Waals surface area (Å²) in [5.41, 5.74) is 1.03. The number of thiophene rings is 1. The number of rotatable bonds is 4. The van der Waals surface area contributed by atoms with Crippen LogP contribution >= 0.6 is 11.3 Å². The zero-order valence-electron chi connectivity index (χ0n) is 9.57. The number of carbonyl (C=O) groups is 1. The molecule has 0 radical (unpaired) electrons. The largest absolute Gasteiger partial charge is 0.477 e. The van der Waals surface area contributed by atoms with Crippen molar-refractivity contribution in [3.63, 3.8) is 0 Å². The molecule has 0 spiro atoms. The van der Waals surface area contributed by atoms with Crippen LogP contribution in [0.25, 0.3) is 0 Å². The van der Waals surface area contributed by atoms with Crippen molar-refractivity contribution in [1.82, 2.24) is 0 Å². The number of carboxylic acids is 1. The second kappa shape index (κ2) is 4.23. The zero-order valence-corrected chi connectivity index (χ0v) is 10.4. The summed E-state index contributed by atoms with van der Waals surface area (Å²) in [6.45, 7) is 6.41. The summed E-state index contributed by atoms with van der Waals surface area (Å²) in [4.78, 5) is 13.3. The minimum absolute atomic E-state index is 0.0524. The summed E-state index contributed by atoms with van der Waals surface area (Å²) < 4.78 is 0. The van der Waals surface area contributed by atoms with E-state index in [1.807, 2.05) is 12.4 Å². The molecule has 15 heavy (non-hydrogen) atoms. The summed E-state index contributed by atoms with van der Waals surface area (Å²) in [7, 11) is 2.00. The van der Waals surface area contributed by atoms with Gasteiger partial charge in [0.05, 0.1) is 0 Å². The molecule has 3 nitrogen and oxygen atoms in total. The first-order valence-corrected chi connectivity index (χ1v) is 5.82. The highest BCUT2D eigenvalue weighted by atomic mass is 32.1. The lowest BCUT2D eigenvalue weighted by atomic mass is 10.00. The Balaban J connectivity index is 2.92. The zero-order chi connectivity index (χ0) is 11.6. The molecular weight excluding hydrogens is 210 g/mol. The summed E-state index contributed by atoms with van der Waals surface area (Å²) in [5, 5.41) is 10.7. The van der Waals surface area contributed by atoms with Gasteiger partial charge in [0, 0.05) is 23.7 Å². The van der Waals surface area contributed by atoms with Crippen molar-refractivity contribution >= 4 is 23.0 Å². The maximum atomic E-state index is 10.7. The van der Waals surface area contributed by atoms with Crippen LogP contribution in [0, 0.1) is 0 Å². The smallest absolute Gasteiger partial charge is 0.345 e. The monoisotopic (exact) mass is 227 g/mol. The summed E-state index contributed by atoms with van der Waals surface area (Å²) in [6, 6.07) is 1.73. The van der Waals surface area contributed by atoms with Crippen molar-refractivity contribution in [1.29, 1.82) is 0 Å². The van der Waals surface area contributed by atoms with Crippen LogP contribution in [-0.2, 0) is 0 Å². The molecule has 0 bridgehead atoms. The average molecular weight is 227 g/mol. The highest BCUT2D eigenvalue weighted by Gasteiger charge is 2.22. The normalized spacial score (nSPS) is 11.5. The van der Waals surface area contributed by atoms with Gasteiger partial charge in [0.1, 0.15) is 4.88 Å². The Kier molecular flexibility index (Phi) is 3.39. The van der Waals surface area contributed by atoms with Crippen LogP contribution in [0.1, 0.15) is 36.9 Å². The van der Waals surface area contributed by atoms with E-state index >= 15 is 0 Å².